The molecule has 4 rings (SSSR count). The molecule has 3 aliphatic rings. The van der Waals surface area contributed by atoms with Crippen molar-refractivity contribution in [1.29, 1.82) is 0 Å². The molecule has 0 aromatic carbocycles. The van der Waals surface area contributed by atoms with Crippen LogP contribution in [0.5, 0.6) is 0 Å². The number of nitrogens with zero attached hydrogens (tertiary/aromatic N) is 3. The maximum Gasteiger partial charge on any atom is 0.191 e. The molecule has 0 amide bonds. The molecule has 156 valence electrons. The van der Waals surface area contributed by atoms with Gasteiger partial charge in [0.2, 0.25) is 0 Å². The number of piperidine rings is 1. The number of hydrogen-bond acceptors (Lipinski definition) is 4. The third-order valence-corrected chi connectivity index (χ3v) is 6.41. The van der Waals surface area contributed by atoms with E-state index in [1.54, 1.807) is 6.26 Å². The van der Waals surface area contributed by atoms with E-state index in [-0.39, 0.29) is 6.04 Å². The van der Waals surface area contributed by atoms with Crippen LogP contribution < -0.4 is 10.6 Å². The lowest BCUT2D eigenvalue weighted by Crippen LogP contribution is -2.41. The van der Waals surface area contributed by atoms with Gasteiger partial charge in [-0.25, -0.2) is 0 Å². The van der Waals surface area contributed by atoms with Crippen molar-refractivity contribution in [2.45, 2.75) is 57.5 Å². The van der Waals surface area contributed by atoms with Crippen LogP contribution in [0.4, 0.5) is 0 Å². The number of hydrogen-bond donors (Lipinski definition) is 2. The van der Waals surface area contributed by atoms with Crippen molar-refractivity contribution in [2.24, 2.45) is 10.9 Å². The summed E-state index contributed by atoms with van der Waals surface area (Å²) in [5.41, 5.74) is 0. The van der Waals surface area contributed by atoms with Crippen molar-refractivity contribution in [3.8, 4) is 0 Å². The smallest absolute Gasteiger partial charge is 0.191 e. The van der Waals surface area contributed by atoms with E-state index in [9.17, 15) is 0 Å². The Hall–Kier alpha value is -1.53. The molecule has 6 nitrogen and oxygen atoms in total. The maximum absolute atomic E-state index is 5.77. The van der Waals surface area contributed by atoms with Crippen LogP contribution in [0.15, 0.2) is 27.8 Å². The number of furan rings is 1. The predicted octanol–water partition coefficient (Wildman–Crippen LogP) is 2.85. The van der Waals surface area contributed by atoms with Crippen LogP contribution in [0, 0.1) is 5.92 Å². The van der Waals surface area contributed by atoms with Crippen LogP contribution in [0.2, 0.25) is 0 Å². The first kappa shape index (κ1) is 19.8. The van der Waals surface area contributed by atoms with Gasteiger partial charge in [-0.1, -0.05) is 6.42 Å². The largest absolute Gasteiger partial charge is 0.468 e. The summed E-state index contributed by atoms with van der Waals surface area (Å²) < 4.78 is 5.77. The highest BCUT2D eigenvalue weighted by molar-refractivity contribution is 5.79. The van der Waals surface area contributed by atoms with Gasteiger partial charge in [0.1, 0.15) is 5.76 Å². The highest BCUT2D eigenvalue weighted by Crippen LogP contribution is 2.31. The fourth-order valence-electron chi connectivity index (χ4n) is 4.66. The molecule has 2 atom stereocenters. The molecule has 1 aromatic rings. The zero-order valence-corrected chi connectivity index (χ0v) is 17.4. The standard InChI is InChI=1S/C22H37N5O/c1-2-23-22(24-15-18-10-13-27(17-18)19-8-9-19)25-16-20(21-7-6-14-28-21)26-11-4-3-5-12-26/h6-7,14,18-20H,2-5,8-13,15-17H2,1H3,(H2,23,24,25). The first-order chi connectivity index (χ1) is 13.8. The summed E-state index contributed by atoms with van der Waals surface area (Å²) in [7, 11) is 0. The van der Waals surface area contributed by atoms with E-state index in [2.05, 4.69) is 33.4 Å². The third-order valence-electron chi connectivity index (χ3n) is 6.41. The minimum atomic E-state index is 0.239. The van der Waals surface area contributed by atoms with Gasteiger partial charge in [-0.15, -0.1) is 0 Å². The Morgan fingerprint density at radius 1 is 1.18 bits per heavy atom. The molecular formula is C22H37N5O. The quantitative estimate of drug-likeness (QED) is 0.531. The Bertz CT molecular complexity index is 606. The molecule has 0 radical (unpaired) electrons. The summed E-state index contributed by atoms with van der Waals surface area (Å²) in [5, 5.41) is 7.04. The monoisotopic (exact) mass is 387 g/mol. The van der Waals surface area contributed by atoms with Crippen molar-refractivity contribution in [3.05, 3.63) is 24.2 Å². The number of nitrogens with one attached hydrogen (secondary N) is 2. The fraction of sp³-hybridized carbons (Fsp3) is 0.773. The summed E-state index contributed by atoms with van der Waals surface area (Å²) in [4.78, 5) is 10.2. The molecule has 6 heteroatoms. The lowest BCUT2D eigenvalue weighted by atomic mass is 10.1. The Morgan fingerprint density at radius 2 is 2.04 bits per heavy atom. The van der Waals surface area contributed by atoms with Gasteiger partial charge in [-0.05, 0) is 76.7 Å². The SMILES string of the molecule is CCNC(=NCC(c1ccco1)N1CCCCC1)NCC1CCN(C2CC2)C1. The molecule has 3 heterocycles. The molecule has 1 aromatic heterocycles. The molecule has 2 N–H and O–H groups in total. The van der Waals surface area contributed by atoms with E-state index >= 15 is 0 Å². The highest BCUT2D eigenvalue weighted by Gasteiger charge is 2.34. The van der Waals surface area contributed by atoms with Crippen molar-refractivity contribution >= 4 is 5.96 Å². The van der Waals surface area contributed by atoms with E-state index in [0.717, 1.165) is 56.4 Å². The summed E-state index contributed by atoms with van der Waals surface area (Å²) in [6, 6.07) is 5.22. The summed E-state index contributed by atoms with van der Waals surface area (Å²) in [6.45, 7) is 9.59. The molecule has 1 saturated carbocycles. The average Bonchev–Trinajstić information content (AvgIpc) is 3.23. The fourth-order valence-corrected chi connectivity index (χ4v) is 4.66. The summed E-state index contributed by atoms with van der Waals surface area (Å²) >= 11 is 0. The first-order valence-corrected chi connectivity index (χ1v) is 11.4. The average molecular weight is 388 g/mol. The predicted molar refractivity (Wildman–Crippen MR) is 114 cm³/mol. The Kier molecular flexibility index (Phi) is 6.91. The van der Waals surface area contributed by atoms with Crippen molar-refractivity contribution in [2.75, 3.05) is 45.8 Å². The van der Waals surface area contributed by atoms with Crippen LogP contribution in [0.3, 0.4) is 0 Å². The van der Waals surface area contributed by atoms with Gasteiger partial charge in [0, 0.05) is 25.7 Å². The maximum atomic E-state index is 5.77. The minimum absolute atomic E-state index is 0.239. The Morgan fingerprint density at radius 3 is 2.75 bits per heavy atom. The topological polar surface area (TPSA) is 56.0 Å². The lowest BCUT2D eigenvalue weighted by molar-refractivity contribution is 0.150. The molecular weight excluding hydrogens is 350 g/mol. The van der Waals surface area contributed by atoms with Crippen LogP contribution in [0.1, 0.15) is 57.3 Å². The number of guanidine groups is 1. The van der Waals surface area contributed by atoms with Gasteiger partial charge in [0.05, 0.1) is 18.8 Å². The highest BCUT2D eigenvalue weighted by atomic mass is 16.3. The van der Waals surface area contributed by atoms with Gasteiger partial charge >= 0.3 is 0 Å². The second-order valence-electron chi connectivity index (χ2n) is 8.61. The van der Waals surface area contributed by atoms with Crippen molar-refractivity contribution < 1.29 is 4.42 Å². The molecule has 2 unspecified atom stereocenters. The Labute approximate surface area is 169 Å². The van der Waals surface area contributed by atoms with Crippen LogP contribution in [0.25, 0.3) is 0 Å². The molecule has 28 heavy (non-hydrogen) atoms. The van der Waals surface area contributed by atoms with Gasteiger partial charge < -0.3 is 20.0 Å². The molecule has 2 aliphatic heterocycles. The molecule has 3 fully saturated rings. The number of likely N-dealkylation sites (tertiary alicyclic amines) is 2. The minimum Gasteiger partial charge on any atom is -0.468 e. The first-order valence-electron chi connectivity index (χ1n) is 11.4. The van der Waals surface area contributed by atoms with Gasteiger partial charge in [-0.3, -0.25) is 9.89 Å². The van der Waals surface area contributed by atoms with Crippen LogP contribution in [-0.4, -0.2) is 67.6 Å². The van der Waals surface area contributed by atoms with Gasteiger partial charge in [0.25, 0.3) is 0 Å². The van der Waals surface area contributed by atoms with Gasteiger partial charge in [0.15, 0.2) is 5.96 Å². The van der Waals surface area contributed by atoms with Crippen molar-refractivity contribution in [3.63, 3.8) is 0 Å². The van der Waals surface area contributed by atoms with E-state index in [1.165, 1.54) is 51.6 Å². The van der Waals surface area contributed by atoms with E-state index in [0.29, 0.717) is 0 Å². The second kappa shape index (κ2) is 9.79. The molecule has 0 bridgehead atoms. The van der Waals surface area contributed by atoms with Gasteiger partial charge in [-0.2, -0.15) is 0 Å². The van der Waals surface area contributed by atoms with E-state index in [4.69, 9.17) is 9.41 Å². The zero-order valence-electron chi connectivity index (χ0n) is 17.4. The summed E-state index contributed by atoms with van der Waals surface area (Å²) in [5.74, 6) is 2.73. The van der Waals surface area contributed by atoms with E-state index in [1.807, 2.05) is 6.07 Å². The number of rotatable bonds is 8. The third kappa shape index (κ3) is 5.29. The zero-order chi connectivity index (χ0) is 19.2. The lowest BCUT2D eigenvalue weighted by Gasteiger charge is -2.32. The number of aliphatic imine (C=N–C) groups is 1. The molecule has 1 aliphatic carbocycles. The van der Waals surface area contributed by atoms with Crippen LogP contribution >= 0.6 is 0 Å². The molecule has 0 spiro atoms. The Balaban J connectivity index is 1.33. The second-order valence-corrected chi connectivity index (χ2v) is 8.61. The van der Waals surface area contributed by atoms with Crippen molar-refractivity contribution in [1.82, 2.24) is 20.4 Å². The summed E-state index contributed by atoms with van der Waals surface area (Å²) in [6.07, 6.45) is 9.81. The normalized spacial score (nSPS) is 25.8. The van der Waals surface area contributed by atoms with Crippen LogP contribution in [-0.2, 0) is 0 Å². The van der Waals surface area contributed by atoms with E-state index < -0.39 is 0 Å². The molecule has 2 saturated heterocycles.